The Morgan fingerprint density at radius 1 is 1.19 bits per heavy atom. The van der Waals surface area contributed by atoms with Crippen LogP contribution in [0.4, 0.5) is 27.4 Å². The number of halogens is 1. The van der Waals surface area contributed by atoms with Crippen LogP contribution >= 0.6 is 0 Å². The summed E-state index contributed by atoms with van der Waals surface area (Å²) >= 11 is 0. The number of amidine groups is 1. The molecule has 10 heteroatoms. The van der Waals surface area contributed by atoms with E-state index in [1.165, 1.54) is 0 Å². The number of aliphatic hydroxyl groups is 1. The SMILES string of the molecule is C/N=C(\N=C1/CC(F)=C(C2CC2)N1c1cccc(N)n1)Nc1ccc(N2CCN(C)C(CO)C2)cc1. The van der Waals surface area contributed by atoms with Crippen LogP contribution in [-0.4, -0.2) is 73.2 Å². The molecule has 1 saturated heterocycles. The van der Waals surface area contributed by atoms with E-state index in [0.717, 1.165) is 43.9 Å². The highest BCUT2D eigenvalue weighted by molar-refractivity contribution is 6.11. The van der Waals surface area contributed by atoms with Crippen LogP contribution in [0.3, 0.4) is 0 Å². The average Bonchev–Trinajstić information content (AvgIpc) is 3.67. The van der Waals surface area contributed by atoms with Crippen LogP contribution in [0.2, 0.25) is 0 Å². The molecule has 1 aromatic carbocycles. The van der Waals surface area contributed by atoms with Gasteiger partial charge in [0, 0.05) is 44.0 Å². The first-order chi connectivity index (χ1) is 17.5. The van der Waals surface area contributed by atoms with Crippen LogP contribution < -0.4 is 20.9 Å². The highest BCUT2D eigenvalue weighted by atomic mass is 19.1. The monoisotopic (exact) mass is 492 g/mol. The molecule has 4 N–H and O–H groups in total. The third-order valence-corrected chi connectivity index (χ3v) is 6.96. The lowest BCUT2D eigenvalue weighted by Gasteiger charge is -2.39. The van der Waals surface area contributed by atoms with E-state index in [1.807, 2.05) is 43.4 Å². The summed E-state index contributed by atoms with van der Waals surface area (Å²) < 4.78 is 15.1. The number of hydrogen-bond donors (Lipinski definition) is 3. The third-order valence-electron chi connectivity index (χ3n) is 6.96. The molecular weight excluding hydrogens is 459 g/mol. The largest absolute Gasteiger partial charge is 0.395 e. The van der Waals surface area contributed by atoms with Crippen molar-refractivity contribution in [2.75, 3.05) is 61.2 Å². The average molecular weight is 493 g/mol. The quantitative estimate of drug-likeness (QED) is 0.435. The predicted molar refractivity (Wildman–Crippen MR) is 143 cm³/mol. The molecule has 3 aliphatic rings. The maximum atomic E-state index is 15.1. The van der Waals surface area contributed by atoms with Crippen molar-refractivity contribution in [3.05, 3.63) is 54.0 Å². The molecule has 2 fully saturated rings. The lowest BCUT2D eigenvalue weighted by Crippen LogP contribution is -2.53. The number of benzene rings is 1. The zero-order valence-electron chi connectivity index (χ0n) is 20.7. The van der Waals surface area contributed by atoms with E-state index in [9.17, 15) is 5.11 Å². The fourth-order valence-electron chi connectivity index (χ4n) is 4.76. The topological polar surface area (TPSA) is 106 Å². The summed E-state index contributed by atoms with van der Waals surface area (Å²) in [5.41, 5.74) is 8.49. The Bertz CT molecular complexity index is 1190. The lowest BCUT2D eigenvalue weighted by molar-refractivity contribution is 0.135. The minimum Gasteiger partial charge on any atom is -0.395 e. The van der Waals surface area contributed by atoms with Crippen molar-refractivity contribution in [1.82, 2.24) is 9.88 Å². The van der Waals surface area contributed by atoms with Crippen LogP contribution in [0.25, 0.3) is 0 Å². The van der Waals surface area contributed by atoms with Crippen LogP contribution in [0.1, 0.15) is 19.3 Å². The molecule has 190 valence electrons. The van der Waals surface area contributed by atoms with Crippen LogP contribution in [0.15, 0.2) is 64.0 Å². The number of allylic oxidation sites excluding steroid dienone is 1. The molecule has 1 atom stereocenters. The van der Waals surface area contributed by atoms with Gasteiger partial charge in [-0.3, -0.25) is 14.8 Å². The van der Waals surface area contributed by atoms with Gasteiger partial charge in [0.25, 0.3) is 0 Å². The predicted octanol–water partition coefficient (Wildman–Crippen LogP) is 3.07. The number of aromatic nitrogens is 1. The molecular formula is C26H33FN8O. The first kappa shape index (κ1) is 24.2. The van der Waals surface area contributed by atoms with Gasteiger partial charge in [0.15, 0.2) is 0 Å². The summed E-state index contributed by atoms with van der Waals surface area (Å²) in [6.07, 6.45) is 2.01. The van der Waals surface area contributed by atoms with E-state index >= 15 is 4.39 Å². The van der Waals surface area contributed by atoms with Gasteiger partial charge >= 0.3 is 0 Å². The van der Waals surface area contributed by atoms with Gasteiger partial charge in [0.1, 0.15) is 23.3 Å². The molecule has 5 rings (SSSR count). The molecule has 3 heterocycles. The Kier molecular flexibility index (Phi) is 6.88. The molecule has 0 amide bonds. The Labute approximate surface area is 210 Å². The number of piperazine rings is 1. The van der Waals surface area contributed by atoms with Crippen LogP contribution in [0, 0.1) is 5.92 Å². The van der Waals surface area contributed by atoms with Crippen molar-refractivity contribution >= 4 is 34.8 Å². The second-order valence-electron chi connectivity index (χ2n) is 9.51. The van der Waals surface area contributed by atoms with E-state index in [2.05, 4.69) is 25.1 Å². The van der Waals surface area contributed by atoms with Crippen molar-refractivity contribution in [2.24, 2.45) is 15.9 Å². The zero-order valence-corrected chi connectivity index (χ0v) is 20.7. The zero-order chi connectivity index (χ0) is 25.2. The number of nitrogens with zero attached hydrogens (tertiary/aromatic N) is 6. The van der Waals surface area contributed by atoms with E-state index < -0.39 is 0 Å². The summed E-state index contributed by atoms with van der Waals surface area (Å²) in [6, 6.07) is 13.5. The van der Waals surface area contributed by atoms with Crippen molar-refractivity contribution in [3.8, 4) is 0 Å². The fourth-order valence-corrected chi connectivity index (χ4v) is 4.76. The molecule has 1 aliphatic carbocycles. The first-order valence-corrected chi connectivity index (χ1v) is 12.4. The van der Waals surface area contributed by atoms with Crippen LogP contribution in [0.5, 0.6) is 0 Å². The number of guanidine groups is 1. The molecule has 1 unspecified atom stereocenters. The van der Waals surface area contributed by atoms with Crippen molar-refractivity contribution in [2.45, 2.75) is 25.3 Å². The molecule has 0 radical (unpaired) electrons. The number of likely N-dealkylation sites (N-methyl/N-ethyl adjacent to an activating group) is 1. The Morgan fingerprint density at radius 3 is 2.64 bits per heavy atom. The van der Waals surface area contributed by atoms with Gasteiger partial charge in [-0.05, 0) is 56.3 Å². The van der Waals surface area contributed by atoms with Gasteiger partial charge in [-0.2, -0.15) is 4.99 Å². The smallest absolute Gasteiger partial charge is 0.223 e. The van der Waals surface area contributed by atoms with Crippen molar-refractivity contribution < 1.29 is 9.50 Å². The number of hydrogen-bond acceptors (Lipinski definition) is 6. The van der Waals surface area contributed by atoms with Gasteiger partial charge < -0.3 is 21.1 Å². The molecule has 0 bridgehead atoms. The van der Waals surface area contributed by atoms with Gasteiger partial charge in [-0.25, -0.2) is 9.37 Å². The maximum absolute atomic E-state index is 15.1. The molecule has 36 heavy (non-hydrogen) atoms. The number of nitrogen functional groups attached to an aromatic ring is 1. The van der Waals surface area contributed by atoms with Gasteiger partial charge in [-0.1, -0.05) is 6.07 Å². The Hall–Kier alpha value is -3.50. The minimum absolute atomic E-state index is 0.0946. The number of rotatable bonds is 5. The van der Waals surface area contributed by atoms with E-state index in [-0.39, 0.29) is 30.8 Å². The lowest BCUT2D eigenvalue weighted by atomic mass is 10.1. The summed E-state index contributed by atoms with van der Waals surface area (Å²) in [5, 5.41) is 12.9. The highest BCUT2D eigenvalue weighted by Crippen LogP contribution is 2.45. The van der Waals surface area contributed by atoms with Gasteiger partial charge in [0.05, 0.1) is 24.8 Å². The first-order valence-electron chi connectivity index (χ1n) is 12.4. The number of nitrogens with one attached hydrogen (secondary N) is 1. The Morgan fingerprint density at radius 2 is 1.97 bits per heavy atom. The summed E-state index contributed by atoms with van der Waals surface area (Å²) in [4.78, 5) is 19.7. The minimum atomic E-state index is -0.173. The van der Waals surface area contributed by atoms with Crippen molar-refractivity contribution in [3.63, 3.8) is 0 Å². The second-order valence-corrected chi connectivity index (χ2v) is 9.51. The highest BCUT2D eigenvalue weighted by Gasteiger charge is 2.40. The fraction of sp³-hybridized carbons (Fsp3) is 0.423. The number of anilines is 4. The standard InChI is InChI=1S/C26H33FN8O/c1-29-26(30-18-8-10-19(11-9-18)34-13-12-33(2)20(15-34)16-36)32-24-14-21(27)25(17-6-7-17)35(24)23-5-3-4-22(28)31-23/h3-5,8-11,17,20,36H,6-7,12-16H2,1-2H3,(H2,28,31)(H,29,30)/b32-24+. The maximum Gasteiger partial charge on any atom is 0.223 e. The number of aliphatic imine (C=N–C) groups is 2. The number of pyridine rings is 1. The molecule has 1 saturated carbocycles. The number of nitrogens with two attached hydrogens (primary N) is 1. The Balaban J connectivity index is 1.33. The molecule has 0 spiro atoms. The number of aliphatic hydroxyl groups excluding tert-OH is 1. The molecule has 2 aromatic rings. The van der Waals surface area contributed by atoms with Gasteiger partial charge in [0.2, 0.25) is 5.96 Å². The van der Waals surface area contributed by atoms with Crippen molar-refractivity contribution in [1.29, 1.82) is 0 Å². The molecule has 2 aliphatic heterocycles. The summed E-state index contributed by atoms with van der Waals surface area (Å²) in [5.74, 6) is 1.87. The van der Waals surface area contributed by atoms with E-state index in [0.29, 0.717) is 29.1 Å². The molecule has 9 nitrogen and oxygen atoms in total. The van der Waals surface area contributed by atoms with Crippen LogP contribution in [-0.2, 0) is 0 Å². The van der Waals surface area contributed by atoms with E-state index in [1.54, 1.807) is 18.0 Å². The van der Waals surface area contributed by atoms with Gasteiger partial charge in [-0.15, -0.1) is 0 Å². The van der Waals surface area contributed by atoms with E-state index in [4.69, 9.17) is 10.7 Å². The normalized spacial score (nSPS) is 22.6. The molecule has 1 aromatic heterocycles. The third kappa shape index (κ3) is 5.05. The summed E-state index contributed by atoms with van der Waals surface area (Å²) in [7, 11) is 3.70. The summed E-state index contributed by atoms with van der Waals surface area (Å²) in [6.45, 7) is 2.74. The second kappa shape index (κ2) is 10.2.